The molecule has 2 amide bonds. The molecule has 26 heavy (non-hydrogen) atoms. The molecule has 2 aromatic carbocycles. The highest BCUT2D eigenvalue weighted by molar-refractivity contribution is 5.93. The molecule has 140 valence electrons. The molecule has 0 aliphatic carbocycles. The van der Waals surface area contributed by atoms with Gasteiger partial charge in [0.1, 0.15) is 0 Å². The van der Waals surface area contributed by atoms with Crippen LogP contribution in [0.25, 0.3) is 0 Å². The predicted octanol–water partition coefficient (Wildman–Crippen LogP) is 2.79. The smallest absolute Gasteiger partial charge is 0.321 e. The topological polar surface area (TPSA) is 65.0 Å². The van der Waals surface area contributed by atoms with Crippen LogP contribution in [0.1, 0.15) is 5.56 Å². The van der Waals surface area contributed by atoms with E-state index < -0.39 is 6.10 Å². The van der Waals surface area contributed by atoms with Gasteiger partial charge in [-0.2, -0.15) is 0 Å². The van der Waals surface area contributed by atoms with E-state index in [1.54, 1.807) is 7.05 Å². The van der Waals surface area contributed by atoms with Crippen LogP contribution in [0, 0.1) is 0 Å². The van der Waals surface area contributed by atoms with Gasteiger partial charge in [0.2, 0.25) is 0 Å². The van der Waals surface area contributed by atoms with E-state index in [1.165, 1.54) is 17.6 Å². The van der Waals surface area contributed by atoms with E-state index in [1.807, 2.05) is 49.5 Å². The zero-order valence-electron chi connectivity index (χ0n) is 15.6. The SMILES string of the molecule is COC[C@@H](O)CN(C)C(=O)Nc1ccccc1N(C)Cc1ccccc1. The predicted molar refractivity (Wildman–Crippen MR) is 105 cm³/mol. The lowest BCUT2D eigenvalue weighted by atomic mass is 10.2. The van der Waals surface area contributed by atoms with Crippen LogP contribution in [0.3, 0.4) is 0 Å². The van der Waals surface area contributed by atoms with Crippen molar-refractivity contribution in [2.24, 2.45) is 0 Å². The number of para-hydroxylation sites is 2. The number of nitrogens with one attached hydrogen (secondary N) is 1. The van der Waals surface area contributed by atoms with E-state index in [-0.39, 0.29) is 19.2 Å². The first kappa shape index (κ1) is 19.8. The minimum atomic E-state index is -0.716. The number of hydrogen-bond acceptors (Lipinski definition) is 4. The summed E-state index contributed by atoms with van der Waals surface area (Å²) in [6, 6.07) is 17.5. The normalized spacial score (nSPS) is 11.7. The number of rotatable bonds is 8. The maximum atomic E-state index is 12.4. The molecule has 0 saturated heterocycles. The van der Waals surface area contributed by atoms with Crippen LogP contribution in [-0.4, -0.2) is 56.5 Å². The Labute approximate surface area is 155 Å². The number of benzene rings is 2. The van der Waals surface area contributed by atoms with Gasteiger partial charge in [-0.3, -0.25) is 0 Å². The second-order valence-corrected chi connectivity index (χ2v) is 6.28. The van der Waals surface area contributed by atoms with Crippen LogP contribution < -0.4 is 10.2 Å². The molecule has 0 aliphatic rings. The Balaban J connectivity index is 2.04. The van der Waals surface area contributed by atoms with Gasteiger partial charge in [0, 0.05) is 27.7 Å². The van der Waals surface area contributed by atoms with Crippen LogP contribution in [0.2, 0.25) is 0 Å². The molecule has 0 aliphatic heterocycles. The first-order valence-corrected chi connectivity index (χ1v) is 8.54. The summed E-state index contributed by atoms with van der Waals surface area (Å²) in [7, 11) is 5.15. The quantitative estimate of drug-likeness (QED) is 0.762. The van der Waals surface area contributed by atoms with Gasteiger partial charge in [-0.1, -0.05) is 42.5 Å². The van der Waals surface area contributed by atoms with Crippen LogP contribution in [0.4, 0.5) is 16.2 Å². The van der Waals surface area contributed by atoms with Crippen molar-refractivity contribution < 1.29 is 14.6 Å². The molecular weight excluding hydrogens is 330 g/mol. The molecule has 0 bridgehead atoms. The van der Waals surface area contributed by atoms with E-state index in [4.69, 9.17) is 4.74 Å². The van der Waals surface area contributed by atoms with E-state index in [9.17, 15) is 9.90 Å². The minimum Gasteiger partial charge on any atom is -0.389 e. The number of methoxy groups -OCH3 is 1. The number of carbonyl (C=O) groups excluding carboxylic acids is 1. The zero-order valence-corrected chi connectivity index (χ0v) is 15.6. The summed E-state index contributed by atoms with van der Waals surface area (Å²) in [4.78, 5) is 16.0. The Hall–Kier alpha value is -2.57. The molecule has 0 saturated carbocycles. The van der Waals surface area contributed by atoms with Crippen LogP contribution >= 0.6 is 0 Å². The lowest BCUT2D eigenvalue weighted by Crippen LogP contribution is -2.39. The summed E-state index contributed by atoms with van der Waals surface area (Å²) < 4.78 is 4.89. The minimum absolute atomic E-state index is 0.189. The molecule has 6 nitrogen and oxygen atoms in total. The number of ether oxygens (including phenoxy) is 1. The van der Waals surface area contributed by atoms with Crippen molar-refractivity contribution >= 4 is 17.4 Å². The van der Waals surface area contributed by atoms with Crippen molar-refractivity contribution in [3.8, 4) is 0 Å². The molecule has 2 N–H and O–H groups in total. The number of aliphatic hydroxyl groups is 1. The van der Waals surface area contributed by atoms with Crippen molar-refractivity contribution in [3.05, 3.63) is 60.2 Å². The van der Waals surface area contributed by atoms with Gasteiger partial charge in [-0.05, 0) is 17.7 Å². The standard InChI is InChI=1S/C20H27N3O3/c1-22(13-16-9-5-4-6-10-16)19-12-8-7-11-18(19)21-20(25)23(2)14-17(24)15-26-3/h4-12,17,24H,13-15H2,1-3H3,(H,21,25)/t17-/m0/s1. The van der Waals surface area contributed by atoms with E-state index >= 15 is 0 Å². The largest absolute Gasteiger partial charge is 0.389 e. The third-order valence-electron chi connectivity index (χ3n) is 4.01. The summed E-state index contributed by atoms with van der Waals surface area (Å²) in [6.45, 7) is 1.12. The Morgan fingerprint density at radius 3 is 2.46 bits per heavy atom. The van der Waals surface area contributed by atoms with Crippen molar-refractivity contribution in [2.75, 3.05) is 44.6 Å². The van der Waals surface area contributed by atoms with Gasteiger partial charge in [0.25, 0.3) is 0 Å². The third-order valence-corrected chi connectivity index (χ3v) is 4.01. The van der Waals surface area contributed by atoms with E-state index in [0.29, 0.717) is 0 Å². The highest BCUT2D eigenvalue weighted by Crippen LogP contribution is 2.26. The second-order valence-electron chi connectivity index (χ2n) is 6.28. The fourth-order valence-corrected chi connectivity index (χ4v) is 2.71. The molecule has 0 unspecified atom stereocenters. The summed E-state index contributed by atoms with van der Waals surface area (Å²) in [5.41, 5.74) is 2.84. The van der Waals surface area contributed by atoms with Gasteiger partial charge in [0.05, 0.1) is 30.6 Å². The Morgan fingerprint density at radius 2 is 1.77 bits per heavy atom. The van der Waals surface area contributed by atoms with Crippen LogP contribution in [0.15, 0.2) is 54.6 Å². The van der Waals surface area contributed by atoms with Crippen LogP contribution in [0.5, 0.6) is 0 Å². The van der Waals surface area contributed by atoms with Crippen molar-refractivity contribution in [2.45, 2.75) is 12.6 Å². The van der Waals surface area contributed by atoms with Gasteiger partial charge >= 0.3 is 6.03 Å². The zero-order chi connectivity index (χ0) is 18.9. The van der Waals surface area contributed by atoms with Gasteiger partial charge in [0.15, 0.2) is 0 Å². The van der Waals surface area contributed by atoms with Gasteiger partial charge < -0.3 is 25.0 Å². The Bertz CT molecular complexity index is 694. The summed E-state index contributed by atoms with van der Waals surface area (Å²) in [6.07, 6.45) is -0.716. The Kier molecular flexibility index (Phi) is 7.44. The molecule has 2 rings (SSSR count). The molecule has 0 spiro atoms. The van der Waals surface area contributed by atoms with E-state index in [0.717, 1.165) is 17.9 Å². The molecule has 0 aromatic heterocycles. The van der Waals surface area contributed by atoms with Crippen LogP contribution in [-0.2, 0) is 11.3 Å². The lowest BCUT2D eigenvalue weighted by molar-refractivity contribution is 0.0501. The first-order chi connectivity index (χ1) is 12.5. The summed E-state index contributed by atoms with van der Waals surface area (Å²) in [5.74, 6) is 0. The fourth-order valence-electron chi connectivity index (χ4n) is 2.71. The lowest BCUT2D eigenvalue weighted by Gasteiger charge is -2.25. The number of hydrogen-bond donors (Lipinski definition) is 2. The summed E-state index contributed by atoms with van der Waals surface area (Å²) >= 11 is 0. The number of nitrogens with zero attached hydrogens (tertiary/aromatic N) is 2. The molecule has 6 heteroatoms. The van der Waals surface area contributed by atoms with E-state index in [2.05, 4.69) is 22.3 Å². The highest BCUT2D eigenvalue weighted by atomic mass is 16.5. The maximum Gasteiger partial charge on any atom is 0.321 e. The molecule has 0 heterocycles. The number of aliphatic hydroxyl groups excluding tert-OH is 1. The molecule has 0 fully saturated rings. The fraction of sp³-hybridized carbons (Fsp3) is 0.350. The van der Waals surface area contributed by atoms with Crippen molar-refractivity contribution in [1.82, 2.24) is 4.90 Å². The number of likely N-dealkylation sites (N-methyl/N-ethyl adjacent to an activating group) is 1. The average molecular weight is 357 g/mol. The summed E-state index contributed by atoms with van der Waals surface area (Å²) in [5, 5.41) is 12.7. The first-order valence-electron chi connectivity index (χ1n) is 8.54. The average Bonchev–Trinajstić information content (AvgIpc) is 2.63. The monoisotopic (exact) mass is 357 g/mol. The molecule has 2 aromatic rings. The van der Waals surface area contributed by atoms with Gasteiger partial charge in [-0.25, -0.2) is 4.79 Å². The molecule has 1 atom stereocenters. The molecular formula is C20H27N3O3. The number of anilines is 2. The van der Waals surface area contributed by atoms with Crippen molar-refractivity contribution in [3.63, 3.8) is 0 Å². The maximum absolute atomic E-state index is 12.4. The Morgan fingerprint density at radius 1 is 1.12 bits per heavy atom. The number of urea groups is 1. The third kappa shape index (κ3) is 5.75. The van der Waals surface area contributed by atoms with Crippen molar-refractivity contribution in [1.29, 1.82) is 0 Å². The van der Waals surface area contributed by atoms with Gasteiger partial charge in [-0.15, -0.1) is 0 Å². The molecule has 0 radical (unpaired) electrons. The number of amides is 2. The second kappa shape index (κ2) is 9.79. The highest BCUT2D eigenvalue weighted by Gasteiger charge is 2.16. The number of carbonyl (C=O) groups is 1.